The van der Waals surface area contributed by atoms with Crippen LogP contribution in [0.2, 0.25) is 0 Å². The topological polar surface area (TPSA) is 94.3 Å². The third-order valence-corrected chi connectivity index (χ3v) is 4.83. The lowest BCUT2D eigenvalue weighted by Crippen LogP contribution is -2.22. The number of fused-ring (bicyclic) bond motifs is 1. The molecule has 0 aliphatic carbocycles. The summed E-state index contributed by atoms with van der Waals surface area (Å²) < 4.78 is 6.34. The highest BCUT2D eigenvalue weighted by Gasteiger charge is 2.24. The summed E-state index contributed by atoms with van der Waals surface area (Å²) in [7, 11) is 1.35. The first kappa shape index (κ1) is 20.5. The summed E-state index contributed by atoms with van der Waals surface area (Å²) in [6.07, 6.45) is 2.41. The maximum atomic E-state index is 12.3. The van der Waals surface area contributed by atoms with E-state index < -0.39 is 5.41 Å². The number of rotatable bonds is 6. The van der Waals surface area contributed by atoms with Gasteiger partial charge in [0, 0.05) is 18.4 Å². The first-order valence-electron chi connectivity index (χ1n) is 9.43. The number of benzene rings is 1. The summed E-state index contributed by atoms with van der Waals surface area (Å²) in [5.41, 5.74) is 2.21. The van der Waals surface area contributed by atoms with Gasteiger partial charge in [0.2, 0.25) is 5.88 Å². The van der Waals surface area contributed by atoms with Crippen LogP contribution in [0.4, 0.5) is 0 Å². The first-order valence-corrected chi connectivity index (χ1v) is 9.43. The average Bonchev–Trinajstić information content (AvgIpc) is 3.10. The minimum Gasteiger partial charge on any atom is -0.494 e. The summed E-state index contributed by atoms with van der Waals surface area (Å²) in [4.78, 5) is 32.4. The van der Waals surface area contributed by atoms with Gasteiger partial charge in [-0.1, -0.05) is 32.9 Å². The number of ether oxygens (including phenoxy) is 1. The second-order valence-electron chi connectivity index (χ2n) is 8.03. The fourth-order valence-corrected chi connectivity index (χ4v) is 2.92. The Balaban J connectivity index is 1.74. The molecule has 2 heterocycles. The van der Waals surface area contributed by atoms with Gasteiger partial charge in [0.1, 0.15) is 5.78 Å². The zero-order chi connectivity index (χ0) is 21.2. The van der Waals surface area contributed by atoms with Gasteiger partial charge < -0.3 is 14.4 Å². The molecule has 2 aliphatic rings. The van der Waals surface area contributed by atoms with Crippen LogP contribution in [0.15, 0.2) is 36.7 Å². The largest absolute Gasteiger partial charge is 0.494 e. The molecule has 2 aliphatic heterocycles. The highest BCUT2D eigenvalue weighted by atomic mass is 16.5. The number of carbonyl (C=O) groups is 2. The van der Waals surface area contributed by atoms with Gasteiger partial charge in [0.15, 0.2) is 5.82 Å². The second kappa shape index (κ2) is 8.03. The van der Waals surface area contributed by atoms with Crippen molar-refractivity contribution in [1.82, 2.24) is 14.5 Å². The van der Waals surface area contributed by atoms with Crippen molar-refractivity contribution >= 4 is 11.8 Å². The molecule has 7 heteroatoms. The molecule has 0 amide bonds. The number of hydrogen-bond acceptors (Lipinski definition) is 6. The van der Waals surface area contributed by atoms with E-state index in [9.17, 15) is 14.7 Å². The zero-order valence-electron chi connectivity index (χ0n) is 17.1. The van der Waals surface area contributed by atoms with Gasteiger partial charge in [-0.25, -0.2) is 14.8 Å². The Kier molecular flexibility index (Phi) is 5.68. The Morgan fingerprint density at radius 2 is 1.86 bits per heavy atom. The molecule has 0 atom stereocenters. The number of aryl methyl sites for hydroxylation is 2. The predicted molar refractivity (Wildman–Crippen MR) is 108 cm³/mol. The van der Waals surface area contributed by atoms with Gasteiger partial charge in [-0.15, -0.1) is 0 Å². The van der Waals surface area contributed by atoms with Crippen molar-refractivity contribution in [3.63, 3.8) is 0 Å². The number of aromatic hydroxyl groups is 1. The van der Waals surface area contributed by atoms with Crippen molar-refractivity contribution in [2.75, 3.05) is 7.11 Å². The van der Waals surface area contributed by atoms with E-state index in [1.54, 1.807) is 29.1 Å². The van der Waals surface area contributed by atoms with Crippen molar-refractivity contribution in [2.24, 2.45) is 5.41 Å². The standard InChI is InChI=1S/C22H25N3O4/c1-22(2,3)18(26)12-16-11-17-19(24-16)23-13-25(20(17)27)10-9-14-5-7-15(8-6-14)21(28)29-4/h5-8,11,13,27H,9-10,12H2,1-4H3. The van der Waals surface area contributed by atoms with Crippen LogP contribution in [0.1, 0.15) is 42.4 Å². The number of hydrogen-bond donors (Lipinski definition) is 1. The molecule has 0 saturated carbocycles. The Morgan fingerprint density at radius 1 is 1.17 bits per heavy atom. The van der Waals surface area contributed by atoms with E-state index >= 15 is 0 Å². The van der Waals surface area contributed by atoms with Gasteiger partial charge in [-0.05, 0) is 30.2 Å². The van der Waals surface area contributed by atoms with Crippen LogP contribution in [-0.2, 0) is 28.9 Å². The molecule has 0 fully saturated rings. The van der Waals surface area contributed by atoms with E-state index in [1.165, 1.54) is 7.11 Å². The normalized spacial score (nSPS) is 11.6. The van der Waals surface area contributed by atoms with Crippen LogP contribution in [-0.4, -0.2) is 38.5 Å². The molecule has 1 N–H and O–H groups in total. The summed E-state index contributed by atoms with van der Waals surface area (Å²) in [6.45, 7) is 6.13. The van der Waals surface area contributed by atoms with Gasteiger partial charge in [0.25, 0.3) is 0 Å². The quantitative estimate of drug-likeness (QED) is 0.644. The molecule has 0 aromatic heterocycles. The maximum absolute atomic E-state index is 12.3. The minimum atomic E-state index is -0.441. The van der Waals surface area contributed by atoms with Crippen LogP contribution in [0.3, 0.4) is 0 Å². The lowest BCUT2D eigenvalue weighted by atomic mass is 9.88. The van der Waals surface area contributed by atoms with Crippen molar-refractivity contribution in [3.8, 4) is 17.3 Å². The van der Waals surface area contributed by atoms with Crippen LogP contribution in [0.25, 0.3) is 11.4 Å². The monoisotopic (exact) mass is 395 g/mol. The summed E-state index contributed by atoms with van der Waals surface area (Å²) in [5.74, 6) is 0.215. The summed E-state index contributed by atoms with van der Waals surface area (Å²) >= 11 is 0. The fraction of sp³-hybridized carbons (Fsp3) is 0.364. The molecule has 0 spiro atoms. The molecular formula is C22H25N3O4. The van der Waals surface area contributed by atoms with E-state index in [0.29, 0.717) is 35.6 Å². The van der Waals surface area contributed by atoms with E-state index in [-0.39, 0.29) is 24.1 Å². The molecule has 0 radical (unpaired) electrons. The number of aromatic nitrogens is 3. The number of methoxy groups -OCH3 is 1. The van der Waals surface area contributed by atoms with Crippen molar-refractivity contribution < 1.29 is 19.4 Å². The predicted octanol–water partition coefficient (Wildman–Crippen LogP) is 3.28. The Morgan fingerprint density at radius 3 is 2.48 bits per heavy atom. The molecule has 0 bridgehead atoms. The number of carbonyl (C=O) groups excluding carboxylic acids is 2. The molecular weight excluding hydrogens is 370 g/mol. The van der Waals surface area contributed by atoms with E-state index in [1.807, 2.05) is 32.9 Å². The Labute approximate surface area is 169 Å². The average molecular weight is 395 g/mol. The van der Waals surface area contributed by atoms with Crippen molar-refractivity contribution in [1.29, 1.82) is 0 Å². The highest BCUT2D eigenvalue weighted by molar-refractivity contribution is 5.89. The number of ketones is 1. The molecule has 29 heavy (non-hydrogen) atoms. The minimum absolute atomic E-state index is 0.0724. The van der Waals surface area contributed by atoms with Gasteiger partial charge in [0.05, 0.1) is 30.3 Å². The van der Waals surface area contributed by atoms with Crippen LogP contribution in [0.5, 0.6) is 5.88 Å². The smallest absolute Gasteiger partial charge is 0.337 e. The van der Waals surface area contributed by atoms with Crippen LogP contribution >= 0.6 is 0 Å². The lowest BCUT2D eigenvalue weighted by molar-refractivity contribution is -0.125. The molecule has 1 aromatic rings. The molecule has 0 unspecified atom stereocenters. The maximum Gasteiger partial charge on any atom is 0.337 e. The third kappa shape index (κ3) is 4.62. The number of esters is 1. The van der Waals surface area contributed by atoms with Crippen LogP contribution in [0, 0.1) is 5.41 Å². The van der Waals surface area contributed by atoms with Gasteiger partial charge in [-0.2, -0.15) is 0 Å². The molecule has 0 saturated heterocycles. The summed E-state index contributed by atoms with van der Waals surface area (Å²) in [5, 5.41) is 10.6. The first-order chi connectivity index (χ1) is 13.7. The Hall–Kier alpha value is -3.22. The molecule has 3 rings (SSSR count). The van der Waals surface area contributed by atoms with Crippen LogP contribution < -0.4 is 0 Å². The Bertz CT molecular complexity index is 1000. The SMILES string of the molecule is COC(=O)c1ccc(CCn2cnc3nc(CC(=O)C(C)(C)C)cc-3c2O)cc1. The molecule has 152 valence electrons. The number of Topliss-reactive ketones (excluding diaryl/α,β-unsaturated/α-hetero) is 1. The zero-order valence-corrected chi connectivity index (χ0v) is 17.1. The molecule has 1 aromatic carbocycles. The fourth-order valence-electron chi connectivity index (χ4n) is 2.92. The van der Waals surface area contributed by atoms with E-state index in [4.69, 9.17) is 4.74 Å². The summed E-state index contributed by atoms with van der Waals surface area (Å²) in [6, 6.07) is 8.87. The molecule has 7 nitrogen and oxygen atoms in total. The van der Waals surface area contributed by atoms with Gasteiger partial charge >= 0.3 is 5.97 Å². The van der Waals surface area contributed by atoms with E-state index in [2.05, 4.69) is 9.97 Å². The second-order valence-corrected chi connectivity index (χ2v) is 8.03. The van der Waals surface area contributed by atoms with E-state index in [0.717, 1.165) is 5.56 Å². The number of nitrogens with zero attached hydrogens (tertiary/aromatic N) is 3. The highest BCUT2D eigenvalue weighted by Crippen LogP contribution is 2.30. The van der Waals surface area contributed by atoms with Crippen molar-refractivity contribution in [2.45, 2.75) is 40.2 Å². The van der Waals surface area contributed by atoms with Gasteiger partial charge in [-0.3, -0.25) is 4.79 Å². The third-order valence-electron chi connectivity index (χ3n) is 4.83. The lowest BCUT2D eigenvalue weighted by Gasteiger charge is -2.15. The van der Waals surface area contributed by atoms with Crippen molar-refractivity contribution in [3.05, 3.63) is 53.5 Å².